The number of nitrogen functional groups attached to an aromatic ring is 1. The summed E-state index contributed by atoms with van der Waals surface area (Å²) in [5, 5.41) is 4.42. The number of thioether (sulfide) groups is 1. The maximum absolute atomic E-state index is 6.10. The minimum absolute atomic E-state index is 0.556. The lowest BCUT2D eigenvalue weighted by Gasteiger charge is -2.11. The topological polar surface area (TPSA) is 43.8 Å². The molecule has 0 atom stereocenters. The molecule has 0 radical (unpaired) electrons. The van der Waals surface area contributed by atoms with Crippen LogP contribution in [0, 0.1) is 0 Å². The summed E-state index contributed by atoms with van der Waals surface area (Å²) in [7, 11) is 0. The number of hydrogen-bond acceptors (Lipinski definition) is 3. The summed E-state index contributed by atoms with van der Waals surface area (Å²) >= 11 is 1.82. The highest BCUT2D eigenvalue weighted by atomic mass is 32.2. The van der Waals surface area contributed by atoms with Crippen molar-refractivity contribution in [3.05, 3.63) is 6.20 Å². The van der Waals surface area contributed by atoms with Crippen molar-refractivity contribution in [3.8, 4) is 0 Å². The highest BCUT2D eigenvalue weighted by molar-refractivity contribution is 7.99. The van der Waals surface area contributed by atoms with Gasteiger partial charge in [-0.25, -0.2) is 4.68 Å². The van der Waals surface area contributed by atoms with E-state index < -0.39 is 0 Å². The van der Waals surface area contributed by atoms with Gasteiger partial charge in [0.15, 0.2) is 0 Å². The van der Waals surface area contributed by atoms with Gasteiger partial charge < -0.3 is 5.73 Å². The van der Waals surface area contributed by atoms with Crippen molar-refractivity contribution in [2.75, 3.05) is 11.5 Å². The lowest BCUT2D eigenvalue weighted by Crippen LogP contribution is -2.09. The molecule has 2 rings (SSSR count). The lowest BCUT2D eigenvalue weighted by atomic mass is 10.2. The Morgan fingerprint density at radius 1 is 1.53 bits per heavy atom. The third kappa shape index (κ3) is 2.30. The molecule has 1 fully saturated rings. The van der Waals surface area contributed by atoms with Crippen LogP contribution >= 0.6 is 11.8 Å². The molecular formula is C11H19N3S. The Bertz CT molecular complexity index is 316. The van der Waals surface area contributed by atoms with Gasteiger partial charge in [-0.1, -0.05) is 19.8 Å². The Morgan fingerprint density at radius 2 is 2.27 bits per heavy atom. The Morgan fingerprint density at radius 3 is 2.93 bits per heavy atom. The molecule has 1 aliphatic carbocycles. The fourth-order valence-corrected chi connectivity index (χ4v) is 2.91. The van der Waals surface area contributed by atoms with E-state index in [2.05, 4.69) is 12.0 Å². The summed E-state index contributed by atoms with van der Waals surface area (Å²) in [4.78, 5) is 1.16. The van der Waals surface area contributed by atoms with E-state index in [9.17, 15) is 0 Å². The molecule has 1 heterocycles. The van der Waals surface area contributed by atoms with Gasteiger partial charge >= 0.3 is 0 Å². The van der Waals surface area contributed by atoms with Gasteiger partial charge in [0.1, 0.15) is 5.82 Å². The first-order valence-corrected chi connectivity index (χ1v) is 6.77. The average molecular weight is 225 g/mol. The molecule has 0 aromatic carbocycles. The molecule has 2 N–H and O–H groups in total. The molecular weight excluding hydrogens is 206 g/mol. The van der Waals surface area contributed by atoms with E-state index in [1.807, 2.05) is 22.6 Å². The maximum Gasteiger partial charge on any atom is 0.135 e. The molecule has 0 unspecified atom stereocenters. The molecule has 0 saturated heterocycles. The van der Waals surface area contributed by atoms with E-state index in [-0.39, 0.29) is 0 Å². The molecule has 0 spiro atoms. The third-order valence-electron chi connectivity index (χ3n) is 2.93. The third-order valence-corrected chi connectivity index (χ3v) is 4.17. The smallest absolute Gasteiger partial charge is 0.135 e. The maximum atomic E-state index is 6.10. The van der Waals surface area contributed by atoms with E-state index in [1.54, 1.807) is 0 Å². The SMILES string of the molecule is CCCSc1cnn(C2CCCC2)c1N. The quantitative estimate of drug-likeness (QED) is 0.801. The van der Waals surface area contributed by atoms with E-state index in [0.717, 1.165) is 16.5 Å². The zero-order chi connectivity index (χ0) is 10.7. The normalized spacial score (nSPS) is 17.4. The zero-order valence-corrected chi connectivity index (χ0v) is 10.1. The second-order valence-electron chi connectivity index (χ2n) is 4.13. The Balaban J connectivity index is 2.08. The summed E-state index contributed by atoms with van der Waals surface area (Å²) in [6, 6.07) is 0.556. The van der Waals surface area contributed by atoms with E-state index >= 15 is 0 Å². The average Bonchev–Trinajstić information content (AvgIpc) is 2.84. The van der Waals surface area contributed by atoms with Gasteiger partial charge in [0.25, 0.3) is 0 Å². The van der Waals surface area contributed by atoms with Crippen LogP contribution in [0.25, 0.3) is 0 Å². The summed E-state index contributed by atoms with van der Waals surface area (Å²) in [6.07, 6.45) is 8.23. The van der Waals surface area contributed by atoms with Crippen molar-refractivity contribution in [2.24, 2.45) is 0 Å². The minimum atomic E-state index is 0.556. The van der Waals surface area contributed by atoms with Crippen molar-refractivity contribution in [1.29, 1.82) is 0 Å². The number of nitrogens with zero attached hydrogens (tertiary/aromatic N) is 2. The van der Waals surface area contributed by atoms with E-state index in [4.69, 9.17) is 5.73 Å². The van der Waals surface area contributed by atoms with Crippen molar-refractivity contribution in [1.82, 2.24) is 9.78 Å². The van der Waals surface area contributed by atoms with Crippen LogP contribution in [0.15, 0.2) is 11.1 Å². The van der Waals surface area contributed by atoms with Crippen LogP contribution in [-0.4, -0.2) is 15.5 Å². The summed E-state index contributed by atoms with van der Waals surface area (Å²) in [6.45, 7) is 2.19. The van der Waals surface area contributed by atoms with E-state index in [1.165, 1.54) is 32.1 Å². The van der Waals surface area contributed by atoms with Crippen molar-refractivity contribution in [3.63, 3.8) is 0 Å². The van der Waals surface area contributed by atoms with Crippen LogP contribution in [0.4, 0.5) is 5.82 Å². The first kappa shape index (κ1) is 10.9. The molecule has 1 aromatic rings. The number of anilines is 1. The molecule has 1 aliphatic rings. The molecule has 84 valence electrons. The number of hydrogen-bond donors (Lipinski definition) is 1. The van der Waals surface area contributed by atoms with Crippen molar-refractivity contribution in [2.45, 2.75) is 50.0 Å². The standard InChI is InChI=1S/C11H19N3S/c1-2-7-15-10-8-13-14(11(10)12)9-5-3-4-6-9/h8-9H,2-7,12H2,1H3. The Labute approximate surface area is 95.4 Å². The molecule has 3 nitrogen and oxygen atoms in total. The van der Waals surface area contributed by atoms with Crippen LogP contribution in [0.1, 0.15) is 45.1 Å². The second kappa shape index (κ2) is 4.92. The van der Waals surface area contributed by atoms with Crippen molar-refractivity contribution >= 4 is 17.6 Å². The van der Waals surface area contributed by atoms with Crippen LogP contribution in [0.2, 0.25) is 0 Å². The number of rotatable bonds is 4. The Kier molecular flexibility index (Phi) is 3.57. The van der Waals surface area contributed by atoms with Gasteiger partial charge in [-0.05, 0) is 25.0 Å². The molecule has 15 heavy (non-hydrogen) atoms. The van der Waals surface area contributed by atoms with Gasteiger partial charge in [0, 0.05) is 0 Å². The van der Waals surface area contributed by atoms with Crippen LogP contribution in [0.3, 0.4) is 0 Å². The molecule has 4 heteroatoms. The fourth-order valence-electron chi connectivity index (χ4n) is 2.12. The first-order valence-electron chi connectivity index (χ1n) is 5.78. The second-order valence-corrected chi connectivity index (χ2v) is 5.26. The summed E-state index contributed by atoms with van der Waals surface area (Å²) in [5.74, 6) is 2.00. The molecule has 1 saturated carbocycles. The minimum Gasteiger partial charge on any atom is -0.383 e. The van der Waals surface area contributed by atoms with Crippen LogP contribution in [0.5, 0.6) is 0 Å². The zero-order valence-electron chi connectivity index (χ0n) is 9.28. The highest BCUT2D eigenvalue weighted by Gasteiger charge is 2.20. The number of nitrogens with two attached hydrogens (primary N) is 1. The largest absolute Gasteiger partial charge is 0.383 e. The summed E-state index contributed by atoms with van der Waals surface area (Å²) < 4.78 is 2.03. The monoisotopic (exact) mass is 225 g/mol. The molecule has 1 aromatic heterocycles. The predicted molar refractivity (Wildman–Crippen MR) is 65.2 cm³/mol. The predicted octanol–water partition coefficient (Wildman–Crippen LogP) is 3.08. The van der Waals surface area contributed by atoms with Gasteiger partial charge in [0.05, 0.1) is 17.1 Å². The van der Waals surface area contributed by atoms with Gasteiger partial charge in [-0.2, -0.15) is 5.10 Å². The molecule has 0 amide bonds. The van der Waals surface area contributed by atoms with Crippen molar-refractivity contribution < 1.29 is 0 Å². The summed E-state index contributed by atoms with van der Waals surface area (Å²) in [5.41, 5.74) is 6.10. The fraction of sp³-hybridized carbons (Fsp3) is 0.727. The Hall–Kier alpha value is -0.640. The number of aromatic nitrogens is 2. The highest BCUT2D eigenvalue weighted by Crippen LogP contribution is 2.34. The van der Waals surface area contributed by atoms with E-state index in [0.29, 0.717) is 6.04 Å². The lowest BCUT2D eigenvalue weighted by molar-refractivity contribution is 0.473. The first-order chi connectivity index (χ1) is 7.33. The van der Waals surface area contributed by atoms with Crippen LogP contribution < -0.4 is 5.73 Å². The molecule has 0 aliphatic heterocycles. The molecule has 0 bridgehead atoms. The van der Waals surface area contributed by atoms with Gasteiger partial charge in [-0.15, -0.1) is 11.8 Å². The van der Waals surface area contributed by atoms with Gasteiger partial charge in [-0.3, -0.25) is 0 Å². The van der Waals surface area contributed by atoms with Gasteiger partial charge in [0.2, 0.25) is 0 Å². The van der Waals surface area contributed by atoms with Crippen LogP contribution in [-0.2, 0) is 0 Å².